The molecule has 0 bridgehead atoms. The molecule has 3 N–H and O–H groups in total. The summed E-state index contributed by atoms with van der Waals surface area (Å²) in [6.45, 7) is 4.10. The SMILES string of the molecule is CCCNC(=O)C1CCN(C(=O)Cc2ccc(N)cc2)CC1. The number of piperidine rings is 1. The van der Waals surface area contributed by atoms with Gasteiger partial charge in [-0.15, -0.1) is 0 Å². The summed E-state index contributed by atoms with van der Waals surface area (Å²) in [6.07, 6.45) is 2.85. The normalized spacial score (nSPS) is 15.6. The van der Waals surface area contributed by atoms with E-state index in [0.29, 0.717) is 25.2 Å². The monoisotopic (exact) mass is 303 g/mol. The maximum atomic E-state index is 12.3. The molecule has 1 aromatic carbocycles. The number of benzene rings is 1. The summed E-state index contributed by atoms with van der Waals surface area (Å²) in [4.78, 5) is 26.1. The number of nitrogen functional groups attached to an aromatic ring is 1. The van der Waals surface area contributed by atoms with E-state index in [2.05, 4.69) is 5.32 Å². The lowest BCUT2D eigenvalue weighted by Gasteiger charge is -2.31. The number of nitrogens with one attached hydrogen (secondary N) is 1. The highest BCUT2D eigenvalue weighted by atomic mass is 16.2. The van der Waals surface area contributed by atoms with Crippen LogP contribution in [0.25, 0.3) is 0 Å². The predicted octanol–water partition coefficient (Wildman–Crippen LogP) is 1.58. The van der Waals surface area contributed by atoms with Crippen LogP contribution in [0.4, 0.5) is 5.69 Å². The number of hydrogen-bond donors (Lipinski definition) is 2. The Morgan fingerprint density at radius 3 is 2.45 bits per heavy atom. The zero-order valence-corrected chi connectivity index (χ0v) is 13.2. The lowest BCUT2D eigenvalue weighted by atomic mass is 9.95. The molecular formula is C17H25N3O2. The third kappa shape index (κ3) is 4.48. The van der Waals surface area contributed by atoms with Crippen molar-refractivity contribution in [2.24, 2.45) is 5.92 Å². The molecule has 5 heteroatoms. The van der Waals surface area contributed by atoms with E-state index in [9.17, 15) is 9.59 Å². The lowest BCUT2D eigenvalue weighted by molar-refractivity contribution is -0.135. The van der Waals surface area contributed by atoms with Crippen LogP contribution in [0.1, 0.15) is 31.7 Å². The fraction of sp³-hybridized carbons (Fsp3) is 0.529. The third-order valence-corrected chi connectivity index (χ3v) is 4.10. The van der Waals surface area contributed by atoms with Crippen LogP contribution in [0.5, 0.6) is 0 Å². The minimum Gasteiger partial charge on any atom is -0.399 e. The minimum absolute atomic E-state index is 0.0483. The van der Waals surface area contributed by atoms with Crippen molar-refractivity contribution in [2.75, 3.05) is 25.4 Å². The van der Waals surface area contributed by atoms with Crippen molar-refractivity contribution in [2.45, 2.75) is 32.6 Å². The van der Waals surface area contributed by atoms with Crippen LogP contribution in [-0.2, 0) is 16.0 Å². The van der Waals surface area contributed by atoms with Crippen LogP contribution in [-0.4, -0.2) is 36.3 Å². The average molecular weight is 303 g/mol. The molecule has 1 fully saturated rings. The van der Waals surface area contributed by atoms with Crippen LogP contribution < -0.4 is 11.1 Å². The van der Waals surface area contributed by atoms with E-state index in [1.54, 1.807) is 0 Å². The summed E-state index contributed by atoms with van der Waals surface area (Å²) in [7, 11) is 0. The first-order chi connectivity index (χ1) is 10.6. The Kier molecular flexibility index (Phi) is 5.81. The number of hydrogen-bond acceptors (Lipinski definition) is 3. The van der Waals surface area contributed by atoms with Gasteiger partial charge in [0, 0.05) is 31.2 Å². The number of nitrogens with two attached hydrogens (primary N) is 1. The Hall–Kier alpha value is -2.04. The molecule has 1 aliphatic rings. The van der Waals surface area contributed by atoms with Crippen LogP contribution in [0, 0.1) is 5.92 Å². The molecule has 1 saturated heterocycles. The highest BCUT2D eigenvalue weighted by Gasteiger charge is 2.26. The maximum absolute atomic E-state index is 12.3. The molecule has 0 aromatic heterocycles. The zero-order chi connectivity index (χ0) is 15.9. The molecule has 2 amide bonds. The summed E-state index contributed by atoms with van der Waals surface area (Å²) in [5, 5.41) is 2.94. The molecule has 120 valence electrons. The smallest absolute Gasteiger partial charge is 0.226 e. The summed E-state index contributed by atoms with van der Waals surface area (Å²) < 4.78 is 0. The molecule has 0 saturated carbocycles. The zero-order valence-electron chi connectivity index (χ0n) is 13.2. The summed E-state index contributed by atoms with van der Waals surface area (Å²) in [5.74, 6) is 0.303. The third-order valence-electron chi connectivity index (χ3n) is 4.10. The van der Waals surface area contributed by atoms with Gasteiger partial charge in [0.15, 0.2) is 0 Å². The van der Waals surface area contributed by atoms with Gasteiger partial charge in [-0.05, 0) is 37.0 Å². The fourth-order valence-electron chi connectivity index (χ4n) is 2.71. The summed E-state index contributed by atoms with van der Waals surface area (Å²) in [6, 6.07) is 7.40. The molecule has 22 heavy (non-hydrogen) atoms. The first-order valence-corrected chi connectivity index (χ1v) is 8.00. The number of likely N-dealkylation sites (tertiary alicyclic amines) is 1. The number of nitrogens with zero attached hydrogens (tertiary/aromatic N) is 1. The molecule has 1 aliphatic heterocycles. The Labute approximate surface area is 131 Å². The lowest BCUT2D eigenvalue weighted by Crippen LogP contribution is -2.43. The van der Waals surface area contributed by atoms with E-state index in [4.69, 9.17) is 5.73 Å². The molecular weight excluding hydrogens is 278 g/mol. The Morgan fingerprint density at radius 2 is 1.86 bits per heavy atom. The van der Waals surface area contributed by atoms with Crippen LogP contribution in [0.2, 0.25) is 0 Å². The molecule has 0 radical (unpaired) electrons. The van der Waals surface area contributed by atoms with Gasteiger partial charge in [-0.3, -0.25) is 9.59 Å². The largest absolute Gasteiger partial charge is 0.399 e. The standard InChI is InChI=1S/C17H25N3O2/c1-2-9-19-17(22)14-7-10-20(11-8-14)16(21)12-13-3-5-15(18)6-4-13/h3-6,14H,2,7-12,18H2,1H3,(H,19,22). The van der Waals surface area contributed by atoms with Gasteiger partial charge >= 0.3 is 0 Å². The van der Waals surface area contributed by atoms with Gasteiger partial charge in [-0.1, -0.05) is 19.1 Å². The highest BCUT2D eigenvalue weighted by Crippen LogP contribution is 2.18. The van der Waals surface area contributed by atoms with Gasteiger partial charge in [-0.2, -0.15) is 0 Å². The van der Waals surface area contributed by atoms with E-state index < -0.39 is 0 Å². The maximum Gasteiger partial charge on any atom is 0.226 e. The Balaban J connectivity index is 1.79. The molecule has 0 aliphatic carbocycles. The minimum atomic E-state index is 0.0483. The molecule has 1 aromatic rings. The fourth-order valence-corrected chi connectivity index (χ4v) is 2.71. The van der Waals surface area contributed by atoms with Crippen molar-refractivity contribution in [3.05, 3.63) is 29.8 Å². The number of anilines is 1. The molecule has 1 heterocycles. The van der Waals surface area contributed by atoms with Crippen LogP contribution in [0.3, 0.4) is 0 Å². The van der Waals surface area contributed by atoms with E-state index in [0.717, 1.165) is 31.4 Å². The predicted molar refractivity (Wildman–Crippen MR) is 87.2 cm³/mol. The second kappa shape index (κ2) is 7.82. The van der Waals surface area contributed by atoms with E-state index in [1.807, 2.05) is 36.1 Å². The summed E-state index contributed by atoms with van der Waals surface area (Å²) >= 11 is 0. The average Bonchev–Trinajstić information content (AvgIpc) is 2.55. The number of carbonyl (C=O) groups excluding carboxylic acids is 2. The van der Waals surface area contributed by atoms with Gasteiger partial charge in [0.2, 0.25) is 11.8 Å². The van der Waals surface area contributed by atoms with E-state index in [-0.39, 0.29) is 17.7 Å². The Morgan fingerprint density at radius 1 is 1.23 bits per heavy atom. The van der Waals surface area contributed by atoms with Gasteiger partial charge in [0.1, 0.15) is 0 Å². The number of amides is 2. The first kappa shape index (κ1) is 16.3. The second-order valence-corrected chi connectivity index (χ2v) is 5.86. The Bertz CT molecular complexity index is 505. The molecule has 0 unspecified atom stereocenters. The first-order valence-electron chi connectivity index (χ1n) is 8.00. The molecule has 0 spiro atoms. The number of carbonyl (C=O) groups is 2. The van der Waals surface area contributed by atoms with E-state index in [1.165, 1.54) is 0 Å². The van der Waals surface area contributed by atoms with Gasteiger partial charge in [-0.25, -0.2) is 0 Å². The van der Waals surface area contributed by atoms with Crippen LogP contribution >= 0.6 is 0 Å². The molecule has 0 atom stereocenters. The molecule has 5 nitrogen and oxygen atoms in total. The van der Waals surface area contributed by atoms with Gasteiger partial charge in [0.25, 0.3) is 0 Å². The van der Waals surface area contributed by atoms with Crippen molar-refractivity contribution < 1.29 is 9.59 Å². The van der Waals surface area contributed by atoms with Crippen molar-refractivity contribution >= 4 is 17.5 Å². The van der Waals surface area contributed by atoms with Crippen molar-refractivity contribution in [1.82, 2.24) is 10.2 Å². The van der Waals surface area contributed by atoms with Crippen LogP contribution in [0.15, 0.2) is 24.3 Å². The summed E-state index contributed by atoms with van der Waals surface area (Å²) in [5.41, 5.74) is 7.32. The van der Waals surface area contributed by atoms with Gasteiger partial charge in [0.05, 0.1) is 6.42 Å². The quantitative estimate of drug-likeness (QED) is 0.811. The topological polar surface area (TPSA) is 75.4 Å². The van der Waals surface area contributed by atoms with E-state index >= 15 is 0 Å². The number of rotatable bonds is 5. The van der Waals surface area contributed by atoms with Gasteiger partial charge < -0.3 is 16.0 Å². The second-order valence-electron chi connectivity index (χ2n) is 5.86. The van der Waals surface area contributed by atoms with Crippen molar-refractivity contribution in [3.8, 4) is 0 Å². The molecule has 2 rings (SSSR count). The van der Waals surface area contributed by atoms with Crippen molar-refractivity contribution in [3.63, 3.8) is 0 Å². The van der Waals surface area contributed by atoms with Crippen molar-refractivity contribution in [1.29, 1.82) is 0 Å². The highest BCUT2D eigenvalue weighted by molar-refractivity contribution is 5.81.